The molecule has 2 aromatic heterocycles. The predicted molar refractivity (Wildman–Crippen MR) is 165 cm³/mol. The Balaban J connectivity index is 1.42. The predicted octanol–water partition coefficient (Wildman–Crippen LogP) is 8.07. The Morgan fingerprint density at radius 3 is 2.49 bits per heavy atom. The van der Waals surface area contributed by atoms with Crippen LogP contribution in [-0.4, -0.2) is 39.3 Å². The number of hydrogen-bond donors (Lipinski definition) is 1. The zero-order chi connectivity index (χ0) is 32.1. The molecule has 1 N–H and O–H groups in total. The van der Waals surface area contributed by atoms with Crippen LogP contribution in [-0.2, 0) is 17.8 Å². The smallest absolute Gasteiger partial charge is 0.335 e. The SMILES string of the molecule is COCCCCC(C)n1c(Cc2cc(F)c(-c3cccc(OCc4ccc(C)cc4F)n3)cc2F)nc2ccc(C(=O)O)cc21. The second-order valence-corrected chi connectivity index (χ2v) is 11.1. The lowest BCUT2D eigenvalue weighted by Gasteiger charge is -2.18. The summed E-state index contributed by atoms with van der Waals surface area (Å²) in [5.74, 6) is -2.14. The topological polar surface area (TPSA) is 86.5 Å². The molecule has 1 atom stereocenters. The Hall–Kier alpha value is -4.70. The summed E-state index contributed by atoms with van der Waals surface area (Å²) in [5, 5.41) is 9.56. The number of halogens is 3. The van der Waals surface area contributed by atoms with E-state index in [9.17, 15) is 14.3 Å². The van der Waals surface area contributed by atoms with Crippen LogP contribution in [0.25, 0.3) is 22.3 Å². The van der Waals surface area contributed by atoms with Gasteiger partial charge in [0, 0.05) is 43.4 Å². The molecule has 0 fully saturated rings. The van der Waals surface area contributed by atoms with Crippen LogP contribution in [0.3, 0.4) is 0 Å². The van der Waals surface area contributed by atoms with Crippen molar-refractivity contribution in [2.75, 3.05) is 13.7 Å². The van der Waals surface area contributed by atoms with E-state index in [0.717, 1.165) is 37.0 Å². The van der Waals surface area contributed by atoms with Gasteiger partial charge in [0.1, 0.15) is 29.9 Å². The monoisotopic (exact) mass is 617 g/mol. The Morgan fingerprint density at radius 1 is 0.933 bits per heavy atom. The van der Waals surface area contributed by atoms with Gasteiger partial charge in [-0.1, -0.05) is 18.2 Å². The third kappa shape index (κ3) is 7.34. The second kappa shape index (κ2) is 13.9. The Kier molecular flexibility index (Phi) is 9.83. The summed E-state index contributed by atoms with van der Waals surface area (Å²) in [7, 11) is 1.65. The standard InChI is InChI=1S/C35H34F3N3O4/c1-21-10-11-24(27(36)15-21)20-45-34-9-6-8-30(40-34)26-19-28(37)25(16-29(26)38)18-33-39-31-13-12-23(35(42)43)17-32(31)41(33)22(2)7-4-5-14-44-3/h6,8-13,15-17,19,22H,4-5,7,14,18,20H2,1-3H3,(H,42,43). The number of fused-ring (bicyclic) bond motifs is 1. The number of hydrogen-bond acceptors (Lipinski definition) is 5. The summed E-state index contributed by atoms with van der Waals surface area (Å²) in [6.45, 7) is 4.34. The van der Waals surface area contributed by atoms with Crippen molar-refractivity contribution in [3.63, 3.8) is 0 Å². The molecule has 5 rings (SSSR count). The van der Waals surface area contributed by atoms with Crippen LogP contribution in [0.1, 0.15) is 65.1 Å². The van der Waals surface area contributed by atoms with Gasteiger partial charge < -0.3 is 19.1 Å². The first kappa shape index (κ1) is 31.7. The molecular formula is C35H34F3N3O4. The van der Waals surface area contributed by atoms with Crippen molar-refractivity contribution >= 4 is 17.0 Å². The fraction of sp³-hybridized carbons (Fsp3) is 0.286. The quantitative estimate of drug-likeness (QED) is 0.135. The minimum absolute atomic E-state index is 0.0127. The number of aromatic nitrogens is 3. The molecule has 0 saturated carbocycles. The summed E-state index contributed by atoms with van der Waals surface area (Å²) < 4.78 is 58.1. The maximum absolute atomic E-state index is 15.6. The van der Waals surface area contributed by atoms with Crippen LogP contribution in [0.15, 0.2) is 66.7 Å². The molecule has 10 heteroatoms. The molecule has 2 heterocycles. The lowest BCUT2D eigenvalue weighted by atomic mass is 10.0. The largest absolute Gasteiger partial charge is 0.478 e. The highest BCUT2D eigenvalue weighted by Crippen LogP contribution is 2.30. The molecule has 0 saturated heterocycles. The summed E-state index contributed by atoms with van der Waals surface area (Å²) in [6.07, 6.45) is 2.46. The fourth-order valence-electron chi connectivity index (χ4n) is 5.36. The van der Waals surface area contributed by atoms with Crippen molar-refractivity contribution in [3.8, 4) is 17.1 Å². The number of benzene rings is 3. The number of imidazole rings is 1. The van der Waals surface area contributed by atoms with Crippen LogP contribution in [0.2, 0.25) is 0 Å². The summed E-state index contributed by atoms with van der Waals surface area (Å²) >= 11 is 0. The van der Waals surface area contributed by atoms with Gasteiger partial charge in [-0.2, -0.15) is 0 Å². The molecule has 7 nitrogen and oxygen atoms in total. The Bertz CT molecular complexity index is 1840. The van der Waals surface area contributed by atoms with Gasteiger partial charge >= 0.3 is 5.97 Å². The van der Waals surface area contributed by atoms with Gasteiger partial charge in [0.25, 0.3) is 0 Å². The molecule has 0 spiro atoms. The summed E-state index contributed by atoms with van der Waals surface area (Å²) in [6, 6.07) is 16.3. The first-order chi connectivity index (χ1) is 21.6. The maximum Gasteiger partial charge on any atom is 0.335 e. The molecule has 0 radical (unpaired) electrons. The number of rotatable bonds is 13. The van der Waals surface area contributed by atoms with Crippen molar-refractivity contribution in [2.24, 2.45) is 0 Å². The van der Waals surface area contributed by atoms with Crippen molar-refractivity contribution in [1.29, 1.82) is 0 Å². The van der Waals surface area contributed by atoms with E-state index >= 15 is 8.78 Å². The number of pyridine rings is 1. The van der Waals surface area contributed by atoms with Crippen LogP contribution in [0.4, 0.5) is 13.2 Å². The van der Waals surface area contributed by atoms with E-state index in [0.29, 0.717) is 29.0 Å². The van der Waals surface area contributed by atoms with Crippen LogP contribution in [0, 0.1) is 24.4 Å². The summed E-state index contributed by atoms with van der Waals surface area (Å²) in [4.78, 5) is 20.7. The van der Waals surface area contributed by atoms with Gasteiger partial charge in [-0.15, -0.1) is 0 Å². The molecule has 234 valence electrons. The van der Waals surface area contributed by atoms with Gasteiger partial charge in [-0.25, -0.2) is 27.9 Å². The first-order valence-corrected chi connectivity index (χ1v) is 14.7. The highest BCUT2D eigenvalue weighted by molar-refractivity contribution is 5.92. The van der Waals surface area contributed by atoms with Gasteiger partial charge in [-0.05, 0) is 86.7 Å². The lowest BCUT2D eigenvalue weighted by Crippen LogP contribution is -2.11. The number of nitrogens with zero attached hydrogens (tertiary/aromatic N) is 3. The van der Waals surface area contributed by atoms with Gasteiger partial charge in [-0.3, -0.25) is 0 Å². The van der Waals surface area contributed by atoms with Gasteiger partial charge in [0.15, 0.2) is 0 Å². The van der Waals surface area contributed by atoms with Crippen molar-refractivity contribution in [1.82, 2.24) is 14.5 Å². The Labute approximate surface area is 259 Å². The van der Waals surface area contributed by atoms with E-state index in [1.807, 2.05) is 11.5 Å². The van der Waals surface area contributed by atoms with E-state index in [4.69, 9.17) is 14.5 Å². The van der Waals surface area contributed by atoms with Crippen LogP contribution in [0.5, 0.6) is 5.88 Å². The average Bonchev–Trinajstić information content (AvgIpc) is 3.37. The number of carboxylic acids is 1. The van der Waals surface area contributed by atoms with Crippen molar-refractivity contribution in [3.05, 3.63) is 112 Å². The summed E-state index contributed by atoms with van der Waals surface area (Å²) in [5.41, 5.74) is 2.66. The zero-order valence-electron chi connectivity index (χ0n) is 25.3. The van der Waals surface area contributed by atoms with Crippen LogP contribution < -0.4 is 4.74 Å². The Morgan fingerprint density at radius 2 is 1.73 bits per heavy atom. The van der Waals surface area contributed by atoms with E-state index in [2.05, 4.69) is 4.98 Å². The zero-order valence-corrected chi connectivity index (χ0v) is 25.3. The van der Waals surface area contributed by atoms with Gasteiger partial charge in [0.05, 0.1) is 22.3 Å². The number of carbonyl (C=O) groups is 1. The molecule has 5 aromatic rings. The van der Waals surface area contributed by atoms with E-state index < -0.39 is 23.4 Å². The van der Waals surface area contributed by atoms with Gasteiger partial charge in [0.2, 0.25) is 5.88 Å². The molecule has 0 aliphatic heterocycles. The minimum atomic E-state index is -1.06. The number of ether oxygens (including phenoxy) is 2. The third-order valence-electron chi connectivity index (χ3n) is 7.74. The first-order valence-electron chi connectivity index (χ1n) is 14.7. The number of aryl methyl sites for hydroxylation is 1. The van der Waals surface area contributed by atoms with E-state index in [1.165, 1.54) is 12.1 Å². The lowest BCUT2D eigenvalue weighted by molar-refractivity contribution is 0.0697. The maximum atomic E-state index is 15.6. The highest BCUT2D eigenvalue weighted by Gasteiger charge is 2.21. The molecule has 0 amide bonds. The molecule has 1 unspecified atom stereocenters. The van der Waals surface area contributed by atoms with E-state index in [1.54, 1.807) is 56.5 Å². The van der Waals surface area contributed by atoms with Crippen molar-refractivity contribution < 1.29 is 32.5 Å². The number of methoxy groups -OCH3 is 1. The average molecular weight is 618 g/mol. The third-order valence-corrected chi connectivity index (χ3v) is 7.74. The molecule has 45 heavy (non-hydrogen) atoms. The van der Waals surface area contributed by atoms with Crippen LogP contribution >= 0.6 is 0 Å². The number of aromatic carboxylic acids is 1. The molecular weight excluding hydrogens is 583 g/mol. The minimum Gasteiger partial charge on any atom is -0.478 e. The molecule has 0 aliphatic rings. The molecule has 0 aliphatic carbocycles. The van der Waals surface area contributed by atoms with E-state index in [-0.39, 0.29) is 47.3 Å². The number of unbranched alkanes of at least 4 members (excludes halogenated alkanes) is 1. The molecule has 3 aromatic carbocycles. The van der Waals surface area contributed by atoms with Crippen molar-refractivity contribution in [2.45, 2.75) is 52.2 Å². The highest BCUT2D eigenvalue weighted by atomic mass is 19.1. The number of carboxylic acid groups (broad SMARTS) is 1. The second-order valence-electron chi connectivity index (χ2n) is 11.1. The fourth-order valence-corrected chi connectivity index (χ4v) is 5.36. The normalized spacial score (nSPS) is 12.0. The molecule has 0 bridgehead atoms.